The van der Waals surface area contributed by atoms with E-state index in [0.717, 1.165) is 24.0 Å². The lowest BCUT2D eigenvalue weighted by Crippen LogP contribution is -2.40. The topological polar surface area (TPSA) is 80.9 Å². The molecule has 0 saturated heterocycles. The van der Waals surface area contributed by atoms with Crippen LogP contribution in [0.4, 0.5) is 0 Å². The van der Waals surface area contributed by atoms with Gasteiger partial charge in [-0.1, -0.05) is 52.5 Å². The second kappa shape index (κ2) is 9.09. The number of rotatable bonds is 8. The lowest BCUT2D eigenvalue weighted by atomic mass is 9.68. The number of benzene rings is 1. The van der Waals surface area contributed by atoms with Gasteiger partial charge in [0, 0.05) is 17.4 Å². The first-order valence-electron chi connectivity index (χ1n) is 11.0. The zero-order chi connectivity index (χ0) is 22.0. The molecule has 2 rings (SSSR count). The van der Waals surface area contributed by atoms with Crippen LogP contribution in [0.5, 0.6) is 11.5 Å². The summed E-state index contributed by atoms with van der Waals surface area (Å²) in [6, 6.07) is 3.54. The SMILES string of the molecule is CCCCCCC(C)(C)c1cc(O)c(C2C=C(C)C(O)CC2C(C)(C)O)c(O)c1. The number of phenolic OH excluding ortho intramolecular Hbond substituents is 2. The lowest BCUT2D eigenvalue weighted by molar-refractivity contribution is -0.0141. The van der Waals surface area contributed by atoms with Gasteiger partial charge >= 0.3 is 0 Å². The lowest BCUT2D eigenvalue weighted by Gasteiger charge is -2.40. The van der Waals surface area contributed by atoms with Crippen LogP contribution in [0.15, 0.2) is 23.8 Å². The fraction of sp³-hybridized carbons (Fsp3) is 0.680. The van der Waals surface area contributed by atoms with Gasteiger partial charge in [-0.3, -0.25) is 0 Å². The van der Waals surface area contributed by atoms with Gasteiger partial charge in [0.05, 0.1) is 11.7 Å². The summed E-state index contributed by atoms with van der Waals surface area (Å²) < 4.78 is 0. The maximum Gasteiger partial charge on any atom is 0.123 e. The number of hydrogen-bond donors (Lipinski definition) is 4. The van der Waals surface area contributed by atoms with Crippen LogP contribution < -0.4 is 0 Å². The Morgan fingerprint density at radius 1 is 1.00 bits per heavy atom. The van der Waals surface area contributed by atoms with E-state index < -0.39 is 11.7 Å². The van der Waals surface area contributed by atoms with Gasteiger partial charge in [-0.05, 0) is 62.3 Å². The first-order valence-corrected chi connectivity index (χ1v) is 11.0. The first-order chi connectivity index (χ1) is 13.4. The third kappa shape index (κ3) is 5.55. The second-order valence-corrected chi connectivity index (χ2v) is 10.1. The molecule has 0 saturated carbocycles. The molecule has 29 heavy (non-hydrogen) atoms. The summed E-state index contributed by atoms with van der Waals surface area (Å²) in [5.74, 6) is -0.561. The van der Waals surface area contributed by atoms with E-state index in [9.17, 15) is 20.4 Å². The third-order valence-electron chi connectivity index (χ3n) is 6.69. The molecule has 0 heterocycles. The molecule has 4 heteroatoms. The van der Waals surface area contributed by atoms with Crippen LogP contribution in [0.3, 0.4) is 0 Å². The van der Waals surface area contributed by atoms with Crippen LogP contribution in [0.25, 0.3) is 0 Å². The van der Waals surface area contributed by atoms with Crippen molar-refractivity contribution in [2.24, 2.45) is 5.92 Å². The molecule has 3 unspecified atom stereocenters. The number of phenols is 2. The van der Waals surface area contributed by atoms with Crippen LogP contribution in [0, 0.1) is 5.92 Å². The highest BCUT2D eigenvalue weighted by Gasteiger charge is 2.41. The van der Waals surface area contributed by atoms with Crippen molar-refractivity contribution in [3.8, 4) is 11.5 Å². The third-order valence-corrected chi connectivity index (χ3v) is 6.69. The monoisotopic (exact) mass is 404 g/mol. The summed E-state index contributed by atoms with van der Waals surface area (Å²) in [4.78, 5) is 0. The molecular formula is C25H40O4. The van der Waals surface area contributed by atoms with E-state index in [0.29, 0.717) is 12.0 Å². The van der Waals surface area contributed by atoms with E-state index in [1.54, 1.807) is 26.0 Å². The Bertz CT molecular complexity index is 704. The molecule has 4 nitrogen and oxygen atoms in total. The van der Waals surface area contributed by atoms with Crippen molar-refractivity contribution >= 4 is 0 Å². The molecule has 0 radical (unpaired) electrons. The van der Waals surface area contributed by atoms with Gasteiger partial charge in [-0.2, -0.15) is 0 Å². The van der Waals surface area contributed by atoms with Gasteiger partial charge in [0.25, 0.3) is 0 Å². The molecule has 164 valence electrons. The smallest absolute Gasteiger partial charge is 0.123 e. The van der Waals surface area contributed by atoms with Gasteiger partial charge < -0.3 is 20.4 Å². The molecule has 0 spiro atoms. The highest BCUT2D eigenvalue weighted by atomic mass is 16.3. The minimum absolute atomic E-state index is 0.0568. The highest BCUT2D eigenvalue weighted by Crippen LogP contribution is 2.49. The largest absolute Gasteiger partial charge is 0.507 e. The Balaban J connectivity index is 2.39. The molecule has 1 aliphatic rings. The van der Waals surface area contributed by atoms with Crippen molar-refractivity contribution < 1.29 is 20.4 Å². The molecule has 1 aromatic carbocycles. The predicted octanol–water partition coefficient (Wildman–Crippen LogP) is 5.53. The summed E-state index contributed by atoms with van der Waals surface area (Å²) in [6.45, 7) is 11.8. The maximum atomic E-state index is 10.9. The average Bonchev–Trinajstić information content (AvgIpc) is 2.60. The first kappa shape index (κ1) is 23.8. The fourth-order valence-electron chi connectivity index (χ4n) is 4.59. The van der Waals surface area contributed by atoms with E-state index >= 15 is 0 Å². The van der Waals surface area contributed by atoms with Crippen molar-refractivity contribution in [3.05, 3.63) is 34.9 Å². The van der Waals surface area contributed by atoms with Crippen LogP contribution in [-0.2, 0) is 5.41 Å². The van der Waals surface area contributed by atoms with Crippen LogP contribution in [-0.4, -0.2) is 32.1 Å². The van der Waals surface area contributed by atoms with Crippen molar-refractivity contribution in [3.63, 3.8) is 0 Å². The van der Waals surface area contributed by atoms with Gasteiger partial charge in [0.1, 0.15) is 11.5 Å². The minimum Gasteiger partial charge on any atom is -0.507 e. The Morgan fingerprint density at radius 3 is 2.10 bits per heavy atom. The molecule has 0 aromatic heterocycles. The zero-order valence-electron chi connectivity index (χ0n) is 19.0. The number of hydrogen-bond acceptors (Lipinski definition) is 4. The summed E-state index contributed by atoms with van der Waals surface area (Å²) in [7, 11) is 0. The predicted molar refractivity (Wildman–Crippen MR) is 118 cm³/mol. The average molecular weight is 405 g/mol. The van der Waals surface area contributed by atoms with Gasteiger partial charge in [0.15, 0.2) is 0 Å². The number of aliphatic hydroxyl groups is 2. The van der Waals surface area contributed by atoms with Crippen LogP contribution in [0.1, 0.15) is 97.1 Å². The standard InChI is InChI=1S/C25H40O4/c1-7-8-9-10-11-24(3,4)17-13-21(27)23(22(28)14-17)18-12-16(2)20(26)15-19(18)25(5,6)29/h12-14,18-20,26-29H,7-11,15H2,1-6H3. The maximum absolute atomic E-state index is 10.9. The van der Waals surface area contributed by atoms with Gasteiger partial charge in [-0.25, -0.2) is 0 Å². The molecule has 0 amide bonds. The number of aliphatic hydroxyl groups excluding tert-OH is 1. The molecule has 4 N–H and O–H groups in total. The van der Waals surface area contributed by atoms with Crippen molar-refractivity contribution in [2.45, 2.75) is 103 Å². The van der Waals surface area contributed by atoms with Gasteiger partial charge in [0.2, 0.25) is 0 Å². The van der Waals surface area contributed by atoms with Gasteiger partial charge in [-0.15, -0.1) is 0 Å². The molecular weight excluding hydrogens is 364 g/mol. The fourth-order valence-corrected chi connectivity index (χ4v) is 4.59. The van der Waals surface area contributed by atoms with Crippen molar-refractivity contribution in [1.29, 1.82) is 0 Å². The second-order valence-electron chi connectivity index (χ2n) is 10.1. The molecule has 3 atom stereocenters. The Hall–Kier alpha value is -1.52. The molecule has 0 fully saturated rings. The van der Waals surface area contributed by atoms with E-state index in [1.165, 1.54) is 19.3 Å². The van der Waals surface area contributed by atoms with E-state index in [4.69, 9.17) is 0 Å². The molecule has 0 aliphatic heterocycles. The van der Waals surface area contributed by atoms with Crippen LogP contribution >= 0.6 is 0 Å². The minimum atomic E-state index is -1.06. The summed E-state index contributed by atoms with van der Waals surface area (Å²) in [6.07, 6.45) is 7.37. The number of unbranched alkanes of at least 4 members (excludes halogenated alkanes) is 3. The number of allylic oxidation sites excluding steroid dienone is 1. The summed E-state index contributed by atoms with van der Waals surface area (Å²) in [5, 5.41) is 42.8. The quantitative estimate of drug-likeness (QED) is 0.339. The Labute approximate surface area is 176 Å². The Kier molecular flexibility index (Phi) is 7.45. The number of aromatic hydroxyl groups is 2. The van der Waals surface area contributed by atoms with Crippen molar-refractivity contribution in [2.75, 3.05) is 0 Å². The summed E-state index contributed by atoms with van der Waals surface area (Å²) >= 11 is 0. The van der Waals surface area contributed by atoms with E-state index in [-0.39, 0.29) is 28.7 Å². The van der Waals surface area contributed by atoms with E-state index in [1.807, 2.05) is 13.0 Å². The molecule has 1 aliphatic carbocycles. The van der Waals surface area contributed by atoms with Crippen LogP contribution in [0.2, 0.25) is 0 Å². The van der Waals surface area contributed by atoms with E-state index in [2.05, 4.69) is 20.8 Å². The zero-order valence-corrected chi connectivity index (χ0v) is 19.0. The molecule has 1 aromatic rings. The van der Waals surface area contributed by atoms with Crippen molar-refractivity contribution in [1.82, 2.24) is 0 Å². The molecule has 0 bridgehead atoms. The normalized spacial score (nSPS) is 23.2. The highest BCUT2D eigenvalue weighted by molar-refractivity contribution is 5.53. The summed E-state index contributed by atoms with van der Waals surface area (Å²) in [5.41, 5.74) is 0.956. The Morgan fingerprint density at radius 2 is 1.59 bits per heavy atom.